The molecular weight excluding hydrogens is 412 g/mol. The Hall–Kier alpha value is -2.48. The summed E-state index contributed by atoms with van der Waals surface area (Å²) in [6.07, 6.45) is 8.69. The maximum Gasteiger partial charge on any atom is 0.330 e. The number of ketones is 1. The minimum absolute atomic E-state index is 0.0918. The van der Waals surface area contributed by atoms with E-state index in [0.29, 0.717) is 38.9 Å². The number of ether oxygens (including phenoxy) is 4. The average molecular weight is 445 g/mol. The molecule has 1 aliphatic heterocycles. The molecule has 1 aromatic carbocycles. The molecule has 1 heterocycles. The van der Waals surface area contributed by atoms with Crippen molar-refractivity contribution in [1.29, 1.82) is 0 Å². The highest BCUT2D eigenvalue weighted by atomic mass is 16.8. The lowest BCUT2D eigenvalue weighted by Crippen LogP contribution is -2.38. The predicted molar refractivity (Wildman–Crippen MR) is 118 cm³/mol. The number of aliphatic hydroxyl groups excluding tert-OH is 1. The van der Waals surface area contributed by atoms with Crippen LogP contribution in [0.1, 0.15) is 32.1 Å². The molecule has 174 valence electrons. The van der Waals surface area contributed by atoms with Gasteiger partial charge in [0.2, 0.25) is 5.79 Å². The third kappa shape index (κ3) is 6.76. The summed E-state index contributed by atoms with van der Waals surface area (Å²) in [4.78, 5) is 23.6. The number of rotatable bonds is 11. The SMILES string of the molecule is COC(=O)C=C/C=C\CC[C@H]1[C@@H](O)CC(=O)[C@@H]1CCC1(COc2ccccc2)OCCO1. The molecular formula is C25H32O7. The van der Waals surface area contributed by atoms with Crippen LogP contribution in [-0.4, -0.2) is 55.7 Å². The fraction of sp³-hybridized carbons (Fsp3) is 0.520. The molecule has 3 atom stereocenters. The van der Waals surface area contributed by atoms with Gasteiger partial charge in [0, 0.05) is 24.8 Å². The van der Waals surface area contributed by atoms with Crippen molar-refractivity contribution in [1.82, 2.24) is 0 Å². The highest BCUT2D eigenvalue weighted by molar-refractivity contribution is 5.84. The molecule has 7 nitrogen and oxygen atoms in total. The number of hydrogen-bond donors (Lipinski definition) is 1. The molecule has 1 saturated heterocycles. The first-order valence-corrected chi connectivity index (χ1v) is 11.1. The molecule has 0 spiro atoms. The fourth-order valence-electron chi connectivity index (χ4n) is 4.33. The zero-order chi connectivity index (χ0) is 22.8. The zero-order valence-electron chi connectivity index (χ0n) is 18.5. The van der Waals surface area contributed by atoms with Crippen molar-refractivity contribution >= 4 is 11.8 Å². The normalized spacial score (nSPS) is 25.1. The molecule has 3 rings (SSSR count). The van der Waals surface area contributed by atoms with Gasteiger partial charge in [-0.3, -0.25) is 4.79 Å². The maximum atomic E-state index is 12.6. The molecule has 1 aromatic rings. The number of carbonyl (C=O) groups excluding carboxylic acids is 2. The number of Topliss-reactive ketones (excluding diaryl/α,β-unsaturated/α-hetero) is 1. The number of methoxy groups -OCH3 is 1. The second-order valence-corrected chi connectivity index (χ2v) is 8.14. The van der Waals surface area contributed by atoms with Crippen LogP contribution >= 0.6 is 0 Å². The van der Waals surface area contributed by atoms with Crippen molar-refractivity contribution in [3.05, 3.63) is 54.6 Å². The highest BCUT2D eigenvalue weighted by Crippen LogP contribution is 2.38. The van der Waals surface area contributed by atoms with E-state index in [1.54, 1.807) is 12.2 Å². The van der Waals surface area contributed by atoms with E-state index in [-0.39, 0.29) is 30.6 Å². The summed E-state index contributed by atoms with van der Waals surface area (Å²) in [6, 6.07) is 9.49. The second kappa shape index (κ2) is 11.9. The van der Waals surface area contributed by atoms with Gasteiger partial charge in [-0.1, -0.05) is 36.4 Å². The summed E-state index contributed by atoms with van der Waals surface area (Å²) in [5, 5.41) is 10.4. The molecule has 0 radical (unpaired) electrons. The third-order valence-corrected chi connectivity index (χ3v) is 6.03. The molecule has 0 unspecified atom stereocenters. The summed E-state index contributed by atoms with van der Waals surface area (Å²) in [5.74, 6) is -0.783. The predicted octanol–water partition coefficient (Wildman–Crippen LogP) is 3.22. The van der Waals surface area contributed by atoms with Gasteiger partial charge in [0.15, 0.2) is 0 Å². The zero-order valence-corrected chi connectivity index (χ0v) is 18.5. The van der Waals surface area contributed by atoms with Gasteiger partial charge in [0.05, 0.1) is 26.4 Å². The summed E-state index contributed by atoms with van der Waals surface area (Å²) in [5.41, 5.74) is 0. The molecule has 0 aromatic heterocycles. The van der Waals surface area contributed by atoms with E-state index < -0.39 is 17.9 Å². The average Bonchev–Trinajstić information content (AvgIpc) is 3.38. The third-order valence-electron chi connectivity index (χ3n) is 6.03. The monoisotopic (exact) mass is 444 g/mol. The second-order valence-electron chi connectivity index (χ2n) is 8.14. The van der Waals surface area contributed by atoms with Crippen LogP contribution in [0.4, 0.5) is 0 Å². The van der Waals surface area contributed by atoms with Crippen molar-refractivity contribution in [2.45, 2.75) is 44.0 Å². The molecule has 1 saturated carbocycles. The number of para-hydroxylation sites is 1. The Morgan fingerprint density at radius 2 is 1.94 bits per heavy atom. The Morgan fingerprint density at radius 1 is 1.19 bits per heavy atom. The number of hydrogen-bond acceptors (Lipinski definition) is 7. The van der Waals surface area contributed by atoms with Crippen molar-refractivity contribution in [2.75, 3.05) is 26.9 Å². The standard InChI is InChI=1S/C25H32O7/c1-29-24(28)12-8-3-2-7-11-20-21(23(27)17-22(20)26)13-14-25(31-15-16-32-25)18-30-19-9-5-4-6-10-19/h2-6,8-10,12,20-22,26H,7,11,13-18H2,1H3/b3-2-,12-8?/t20-,21-,22+/m1/s1. The van der Waals surface area contributed by atoms with Gasteiger partial charge < -0.3 is 24.1 Å². The number of aliphatic hydroxyl groups is 1. The molecule has 7 heteroatoms. The minimum atomic E-state index is -0.868. The summed E-state index contributed by atoms with van der Waals surface area (Å²) in [7, 11) is 1.33. The molecule has 0 amide bonds. The van der Waals surface area contributed by atoms with E-state index >= 15 is 0 Å². The lowest BCUT2D eigenvalue weighted by atomic mass is 9.85. The summed E-state index contributed by atoms with van der Waals surface area (Å²) < 4.78 is 22.2. The molecule has 32 heavy (non-hydrogen) atoms. The highest BCUT2D eigenvalue weighted by Gasteiger charge is 2.44. The Morgan fingerprint density at radius 3 is 2.66 bits per heavy atom. The van der Waals surface area contributed by atoms with Gasteiger partial charge in [-0.25, -0.2) is 4.79 Å². The van der Waals surface area contributed by atoms with Gasteiger partial charge in [-0.2, -0.15) is 0 Å². The Labute approximate surface area is 189 Å². The van der Waals surface area contributed by atoms with Crippen LogP contribution in [0.25, 0.3) is 0 Å². The maximum absolute atomic E-state index is 12.6. The number of esters is 1. The van der Waals surface area contributed by atoms with E-state index in [0.717, 1.165) is 5.75 Å². The van der Waals surface area contributed by atoms with E-state index in [2.05, 4.69) is 4.74 Å². The lowest BCUT2D eigenvalue weighted by Gasteiger charge is -2.29. The number of carbonyl (C=O) groups is 2. The van der Waals surface area contributed by atoms with Crippen LogP contribution in [0.5, 0.6) is 5.75 Å². The first-order valence-electron chi connectivity index (χ1n) is 11.1. The molecule has 2 aliphatic rings. The van der Waals surface area contributed by atoms with Gasteiger partial charge in [0.25, 0.3) is 0 Å². The first kappa shape index (κ1) is 24.2. The van der Waals surface area contributed by atoms with Crippen molar-refractivity contribution in [3.8, 4) is 5.75 Å². The summed E-state index contributed by atoms with van der Waals surface area (Å²) in [6.45, 7) is 1.24. The van der Waals surface area contributed by atoms with Gasteiger partial charge >= 0.3 is 5.97 Å². The molecule has 0 bridgehead atoms. The minimum Gasteiger partial charge on any atom is -0.488 e. The van der Waals surface area contributed by atoms with Crippen LogP contribution in [0, 0.1) is 11.8 Å². The lowest BCUT2D eigenvalue weighted by molar-refractivity contribution is -0.184. The van der Waals surface area contributed by atoms with E-state index in [1.807, 2.05) is 36.4 Å². The fourth-order valence-corrected chi connectivity index (χ4v) is 4.33. The summed E-state index contributed by atoms with van der Waals surface area (Å²) >= 11 is 0. The largest absolute Gasteiger partial charge is 0.488 e. The quantitative estimate of drug-likeness (QED) is 0.318. The van der Waals surface area contributed by atoms with E-state index in [4.69, 9.17) is 14.2 Å². The number of benzene rings is 1. The first-order chi connectivity index (χ1) is 15.5. The Balaban J connectivity index is 1.53. The van der Waals surface area contributed by atoms with Crippen molar-refractivity contribution in [3.63, 3.8) is 0 Å². The molecule has 2 fully saturated rings. The van der Waals surface area contributed by atoms with Crippen LogP contribution in [0.2, 0.25) is 0 Å². The van der Waals surface area contributed by atoms with Gasteiger partial charge in [-0.15, -0.1) is 0 Å². The Kier molecular flexibility index (Phi) is 9.02. The smallest absolute Gasteiger partial charge is 0.330 e. The number of allylic oxidation sites excluding steroid dienone is 3. The van der Waals surface area contributed by atoms with E-state index in [9.17, 15) is 14.7 Å². The van der Waals surface area contributed by atoms with Crippen LogP contribution in [0.15, 0.2) is 54.6 Å². The van der Waals surface area contributed by atoms with Crippen LogP contribution in [0.3, 0.4) is 0 Å². The topological polar surface area (TPSA) is 91.3 Å². The van der Waals surface area contributed by atoms with Crippen molar-refractivity contribution in [2.24, 2.45) is 11.8 Å². The Bertz CT molecular complexity index is 796. The van der Waals surface area contributed by atoms with Crippen LogP contribution < -0.4 is 4.74 Å². The molecule has 1 N–H and O–H groups in total. The van der Waals surface area contributed by atoms with E-state index in [1.165, 1.54) is 13.2 Å². The van der Waals surface area contributed by atoms with Crippen molar-refractivity contribution < 1.29 is 33.6 Å². The van der Waals surface area contributed by atoms with Gasteiger partial charge in [-0.05, 0) is 37.3 Å². The van der Waals surface area contributed by atoms with Crippen LogP contribution in [-0.2, 0) is 23.8 Å². The van der Waals surface area contributed by atoms with Gasteiger partial charge in [0.1, 0.15) is 18.1 Å². The molecule has 1 aliphatic carbocycles.